The number of anilines is 2. The SMILES string of the molecule is CCCOc1ccc(NC(=O)NCC(=O)Nc2cc(C)cc(C)c2)cc1OCCC. The minimum Gasteiger partial charge on any atom is -0.490 e. The van der Waals surface area contributed by atoms with Crippen molar-refractivity contribution in [3.8, 4) is 11.5 Å². The van der Waals surface area contributed by atoms with Crippen LogP contribution in [0.2, 0.25) is 0 Å². The summed E-state index contributed by atoms with van der Waals surface area (Å²) in [6.07, 6.45) is 1.75. The van der Waals surface area contributed by atoms with Crippen molar-refractivity contribution < 1.29 is 19.1 Å². The van der Waals surface area contributed by atoms with Crippen molar-refractivity contribution in [3.63, 3.8) is 0 Å². The van der Waals surface area contributed by atoms with Crippen molar-refractivity contribution in [2.24, 2.45) is 0 Å². The molecule has 0 spiro atoms. The fourth-order valence-electron chi connectivity index (χ4n) is 2.83. The number of hydrogen-bond acceptors (Lipinski definition) is 4. The molecule has 0 unspecified atom stereocenters. The lowest BCUT2D eigenvalue weighted by molar-refractivity contribution is -0.115. The van der Waals surface area contributed by atoms with Gasteiger partial charge in [0, 0.05) is 17.4 Å². The molecule has 2 aromatic rings. The normalized spacial score (nSPS) is 10.3. The van der Waals surface area contributed by atoms with Crippen LogP contribution in [0.1, 0.15) is 37.8 Å². The maximum Gasteiger partial charge on any atom is 0.319 e. The summed E-state index contributed by atoms with van der Waals surface area (Å²) in [5.74, 6) is 0.921. The molecule has 0 heterocycles. The van der Waals surface area contributed by atoms with E-state index in [-0.39, 0.29) is 12.5 Å². The average molecular weight is 414 g/mol. The lowest BCUT2D eigenvalue weighted by Gasteiger charge is -2.14. The summed E-state index contributed by atoms with van der Waals surface area (Å²) >= 11 is 0. The summed E-state index contributed by atoms with van der Waals surface area (Å²) < 4.78 is 11.4. The van der Waals surface area contributed by atoms with Gasteiger partial charge in [-0.15, -0.1) is 0 Å². The first-order valence-corrected chi connectivity index (χ1v) is 10.2. The number of ether oxygens (including phenoxy) is 2. The maximum atomic E-state index is 12.2. The number of aryl methyl sites for hydroxylation is 2. The molecule has 0 saturated carbocycles. The number of carbonyl (C=O) groups is 2. The predicted molar refractivity (Wildman–Crippen MR) is 120 cm³/mol. The number of urea groups is 1. The van der Waals surface area contributed by atoms with Gasteiger partial charge >= 0.3 is 6.03 Å². The topological polar surface area (TPSA) is 88.7 Å². The van der Waals surface area contributed by atoms with Crippen LogP contribution >= 0.6 is 0 Å². The van der Waals surface area contributed by atoms with E-state index in [4.69, 9.17) is 9.47 Å². The second kappa shape index (κ2) is 11.7. The van der Waals surface area contributed by atoms with Crippen LogP contribution in [0.3, 0.4) is 0 Å². The summed E-state index contributed by atoms with van der Waals surface area (Å²) in [6.45, 7) is 8.98. The lowest BCUT2D eigenvalue weighted by atomic mass is 10.1. The van der Waals surface area contributed by atoms with E-state index in [0.717, 1.165) is 24.0 Å². The quantitative estimate of drug-likeness (QED) is 0.529. The van der Waals surface area contributed by atoms with Gasteiger partial charge in [-0.25, -0.2) is 4.79 Å². The summed E-state index contributed by atoms with van der Waals surface area (Å²) in [5, 5.41) is 8.06. The zero-order valence-corrected chi connectivity index (χ0v) is 18.1. The Balaban J connectivity index is 1.90. The van der Waals surface area contributed by atoms with Crippen molar-refractivity contribution in [2.75, 3.05) is 30.4 Å². The zero-order valence-electron chi connectivity index (χ0n) is 18.1. The van der Waals surface area contributed by atoms with Crippen LogP contribution in [0.25, 0.3) is 0 Å². The van der Waals surface area contributed by atoms with Crippen molar-refractivity contribution >= 4 is 23.3 Å². The third-order valence-electron chi connectivity index (χ3n) is 4.04. The number of carbonyl (C=O) groups excluding carboxylic acids is 2. The molecule has 0 bridgehead atoms. The molecule has 0 aliphatic heterocycles. The highest BCUT2D eigenvalue weighted by molar-refractivity contribution is 5.97. The van der Waals surface area contributed by atoms with Gasteiger partial charge in [0.25, 0.3) is 0 Å². The predicted octanol–water partition coefficient (Wildman–Crippen LogP) is 4.64. The van der Waals surface area contributed by atoms with Crippen molar-refractivity contribution in [3.05, 3.63) is 47.5 Å². The van der Waals surface area contributed by atoms with E-state index in [1.54, 1.807) is 18.2 Å². The summed E-state index contributed by atoms with van der Waals surface area (Å²) in [6, 6.07) is 10.5. The van der Waals surface area contributed by atoms with Crippen LogP contribution in [-0.4, -0.2) is 31.7 Å². The largest absolute Gasteiger partial charge is 0.490 e. The van der Waals surface area contributed by atoms with Crippen molar-refractivity contribution in [1.82, 2.24) is 5.32 Å². The third kappa shape index (κ3) is 7.66. The van der Waals surface area contributed by atoms with Gasteiger partial charge in [-0.3, -0.25) is 4.79 Å². The van der Waals surface area contributed by atoms with Gasteiger partial charge in [-0.2, -0.15) is 0 Å². The van der Waals surface area contributed by atoms with Gasteiger partial charge in [-0.1, -0.05) is 19.9 Å². The van der Waals surface area contributed by atoms with E-state index < -0.39 is 6.03 Å². The van der Waals surface area contributed by atoms with Crippen LogP contribution in [0.4, 0.5) is 16.2 Å². The second-order valence-electron chi connectivity index (χ2n) is 7.09. The Bertz CT molecular complexity index is 847. The maximum absolute atomic E-state index is 12.2. The number of hydrogen-bond donors (Lipinski definition) is 3. The Hall–Kier alpha value is -3.22. The first-order chi connectivity index (χ1) is 14.4. The number of nitrogens with one attached hydrogen (secondary N) is 3. The Morgan fingerprint density at radius 3 is 2.07 bits per heavy atom. The fourth-order valence-corrected chi connectivity index (χ4v) is 2.83. The highest BCUT2D eigenvalue weighted by Crippen LogP contribution is 2.31. The van der Waals surface area contributed by atoms with E-state index in [9.17, 15) is 9.59 Å². The second-order valence-corrected chi connectivity index (χ2v) is 7.09. The first-order valence-electron chi connectivity index (χ1n) is 10.2. The van der Waals surface area contributed by atoms with Crippen LogP contribution in [0.15, 0.2) is 36.4 Å². The molecule has 30 heavy (non-hydrogen) atoms. The van der Waals surface area contributed by atoms with Crippen LogP contribution in [0.5, 0.6) is 11.5 Å². The zero-order chi connectivity index (χ0) is 21.9. The molecule has 0 aromatic heterocycles. The molecular formula is C23H31N3O4. The molecule has 162 valence electrons. The Morgan fingerprint density at radius 1 is 0.800 bits per heavy atom. The van der Waals surface area contributed by atoms with E-state index in [2.05, 4.69) is 16.0 Å². The first kappa shape index (κ1) is 23.1. The molecular weight excluding hydrogens is 382 g/mol. The van der Waals surface area contributed by atoms with Gasteiger partial charge in [-0.05, 0) is 62.1 Å². The van der Waals surface area contributed by atoms with Crippen molar-refractivity contribution in [1.29, 1.82) is 0 Å². The molecule has 2 aromatic carbocycles. The van der Waals surface area contributed by atoms with Crippen LogP contribution < -0.4 is 25.4 Å². The lowest BCUT2D eigenvalue weighted by Crippen LogP contribution is -2.35. The number of rotatable bonds is 10. The summed E-state index contributed by atoms with van der Waals surface area (Å²) in [5.41, 5.74) is 3.38. The Kier molecular flexibility index (Phi) is 9.00. The van der Waals surface area contributed by atoms with Crippen molar-refractivity contribution in [2.45, 2.75) is 40.5 Å². The highest BCUT2D eigenvalue weighted by atomic mass is 16.5. The number of benzene rings is 2. The Labute approximate surface area is 178 Å². The summed E-state index contributed by atoms with van der Waals surface area (Å²) in [4.78, 5) is 24.3. The molecule has 0 aliphatic carbocycles. The molecule has 7 nitrogen and oxygen atoms in total. The molecule has 0 atom stereocenters. The van der Waals surface area contributed by atoms with E-state index in [1.807, 2.05) is 45.9 Å². The molecule has 3 N–H and O–H groups in total. The molecule has 2 rings (SSSR count). The minimum absolute atomic E-state index is 0.143. The monoisotopic (exact) mass is 413 g/mol. The van der Waals surface area contributed by atoms with Gasteiger partial charge < -0.3 is 25.4 Å². The van der Waals surface area contributed by atoms with Gasteiger partial charge in [0.05, 0.1) is 19.8 Å². The molecule has 3 amide bonds. The molecule has 0 aliphatic rings. The molecule has 0 radical (unpaired) electrons. The highest BCUT2D eigenvalue weighted by Gasteiger charge is 2.10. The molecule has 0 fully saturated rings. The van der Waals surface area contributed by atoms with Gasteiger partial charge in [0.1, 0.15) is 0 Å². The van der Waals surface area contributed by atoms with Crippen LogP contribution in [-0.2, 0) is 4.79 Å². The smallest absolute Gasteiger partial charge is 0.319 e. The minimum atomic E-state index is -0.478. The molecule has 0 saturated heterocycles. The Morgan fingerprint density at radius 2 is 1.43 bits per heavy atom. The van der Waals surface area contributed by atoms with E-state index >= 15 is 0 Å². The third-order valence-corrected chi connectivity index (χ3v) is 4.04. The van der Waals surface area contributed by atoms with E-state index in [1.165, 1.54) is 0 Å². The van der Waals surface area contributed by atoms with Gasteiger partial charge in [0.2, 0.25) is 5.91 Å². The van der Waals surface area contributed by atoms with Crippen LogP contribution in [0, 0.1) is 13.8 Å². The summed E-state index contributed by atoms with van der Waals surface area (Å²) in [7, 11) is 0. The average Bonchev–Trinajstić information content (AvgIpc) is 2.69. The standard InChI is InChI=1S/C23H31N3O4/c1-5-9-29-20-8-7-18(14-21(20)30-10-6-2)26-23(28)24-15-22(27)25-19-12-16(3)11-17(4)13-19/h7-8,11-14H,5-6,9-10,15H2,1-4H3,(H,25,27)(H2,24,26,28). The van der Waals surface area contributed by atoms with E-state index in [0.29, 0.717) is 36.1 Å². The van der Waals surface area contributed by atoms with Gasteiger partial charge in [0.15, 0.2) is 11.5 Å². The molecule has 7 heteroatoms. The fraction of sp³-hybridized carbons (Fsp3) is 0.391. The number of amides is 3.